The molecular weight excluding hydrogens is 450 g/mol. The summed E-state index contributed by atoms with van der Waals surface area (Å²) in [4.78, 5) is 11.6. The number of sulfonamides is 1. The summed E-state index contributed by atoms with van der Waals surface area (Å²) in [5.74, 6) is -6.57. The number of Topliss-reactive ketones (excluding diaryl/α,β-unsaturated/α-hetero) is 1. The van der Waals surface area contributed by atoms with E-state index < -0.39 is 61.4 Å². The monoisotopic (exact) mass is 465 g/mol. The summed E-state index contributed by atoms with van der Waals surface area (Å²) in [7, 11) is -4.93. The SMILES string of the molecule is CC1=CNC2NC=C(C(=O)c3c(F)ccc(NS(=O)(=O)c4c(F)cccc4F)c3F)C2=C1. The van der Waals surface area contributed by atoms with Gasteiger partial charge in [-0.2, -0.15) is 0 Å². The Morgan fingerprint density at radius 2 is 1.62 bits per heavy atom. The molecule has 32 heavy (non-hydrogen) atoms. The van der Waals surface area contributed by atoms with Gasteiger partial charge < -0.3 is 10.6 Å². The minimum atomic E-state index is -4.93. The van der Waals surface area contributed by atoms with Crippen LogP contribution in [0.4, 0.5) is 23.2 Å². The molecular formula is C21H15F4N3O3S. The molecule has 0 amide bonds. The van der Waals surface area contributed by atoms with Crippen LogP contribution in [-0.4, -0.2) is 20.4 Å². The van der Waals surface area contributed by atoms with Gasteiger partial charge in [-0.25, -0.2) is 26.0 Å². The van der Waals surface area contributed by atoms with Crippen molar-refractivity contribution in [3.8, 4) is 0 Å². The number of nitrogens with one attached hydrogen (secondary N) is 3. The molecule has 11 heteroatoms. The van der Waals surface area contributed by atoms with Crippen molar-refractivity contribution in [1.82, 2.24) is 10.6 Å². The van der Waals surface area contributed by atoms with Crippen LogP contribution < -0.4 is 15.4 Å². The normalized spacial score (nSPS) is 17.4. The minimum absolute atomic E-state index is 0.0205. The Kier molecular flexibility index (Phi) is 5.29. The lowest BCUT2D eigenvalue weighted by Crippen LogP contribution is -2.36. The molecule has 1 unspecified atom stereocenters. The molecule has 0 bridgehead atoms. The molecule has 2 aliphatic heterocycles. The third-order valence-corrected chi connectivity index (χ3v) is 6.29. The van der Waals surface area contributed by atoms with Gasteiger partial charge in [0.1, 0.15) is 23.6 Å². The maximum absolute atomic E-state index is 15.1. The van der Waals surface area contributed by atoms with Crippen molar-refractivity contribution >= 4 is 21.5 Å². The summed E-state index contributed by atoms with van der Waals surface area (Å²) in [5, 5.41) is 5.83. The molecule has 2 aromatic rings. The van der Waals surface area contributed by atoms with Crippen molar-refractivity contribution < 1.29 is 30.8 Å². The van der Waals surface area contributed by atoms with Crippen LogP contribution in [0.25, 0.3) is 0 Å². The van der Waals surface area contributed by atoms with Crippen molar-refractivity contribution in [2.75, 3.05) is 4.72 Å². The summed E-state index contributed by atoms with van der Waals surface area (Å²) in [5.41, 5.74) is -0.650. The molecule has 0 saturated heterocycles. The van der Waals surface area contributed by atoms with E-state index in [2.05, 4.69) is 10.6 Å². The maximum atomic E-state index is 15.1. The molecule has 0 spiro atoms. The zero-order valence-electron chi connectivity index (χ0n) is 16.3. The summed E-state index contributed by atoms with van der Waals surface area (Å²) >= 11 is 0. The van der Waals surface area contributed by atoms with Crippen LogP contribution in [0.15, 0.2) is 70.4 Å². The van der Waals surface area contributed by atoms with Crippen LogP contribution in [0.5, 0.6) is 0 Å². The molecule has 2 heterocycles. The minimum Gasteiger partial charge on any atom is -0.367 e. The average molecular weight is 465 g/mol. The lowest BCUT2D eigenvalue weighted by Gasteiger charge is -2.20. The number of carbonyl (C=O) groups excluding carboxylic acids is 1. The second-order valence-electron chi connectivity index (χ2n) is 7.08. The third kappa shape index (κ3) is 3.64. The van der Waals surface area contributed by atoms with Gasteiger partial charge in [0.05, 0.1) is 11.3 Å². The van der Waals surface area contributed by atoms with E-state index >= 15 is 4.39 Å². The van der Waals surface area contributed by atoms with Crippen molar-refractivity contribution in [2.45, 2.75) is 18.0 Å². The number of benzene rings is 2. The summed E-state index contributed by atoms with van der Waals surface area (Å²) in [6.07, 6.45) is 4.19. The number of anilines is 1. The molecule has 0 radical (unpaired) electrons. The molecule has 166 valence electrons. The van der Waals surface area contributed by atoms with E-state index in [9.17, 15) is 26.4 Å². The molecule has 0 fully saturated rings. The molecule has 0 aliphatic carbocycles. The Balaban J connectivity index is 1.73. The van der Waals surface area contributed by atoms with Crippen LogP contribution in [0.1, 0.15) is 17.3 Å². The lowest BCUT2D eigenvalue weighted by molar-refractivity contribution is 0.102. The number of hydrogen-bond donors (Lipinski definition) is 3. The zero-order valence-corrected chi connectivity index (χ0v) is 17.2. The van der Waals surface area contributed by atoms with Gasteiger partial charge in [0, 0.05) is 23.5 Å². The first-order valence-electron chi connectivity index (χ1n) is 9.20. The van der Waals surface area contributed by atoms with E-state index in [0.29, 0.717) is 23.8 Å². The van der Waals surface area contributed by atoms with Gasteiger partial charge in [-0.05, 0) is 42.8 Å². The molecule has 1 atom stereocenters. The summed E-state index contributed by atoms with van der Waals surface area (Å²) < 4.78 is 84.0. The van der Waals surface area contributed by atoms with Crippen molar-refractivity contribution in [3.05, 3.63) is 94.4 Å². The number of ketones is 1. The van der Waals surface area contributed by atoms with Gasteiger partial charge in [0.15, 0.2) is 10.7 Å². The Hall–Kier alpha value is -3.60. The fourth-order valence-corrected chi connectivity index (χ4v) is 4.60. The highest BCUT2D eigenvalue weighted by atomic mass is 32.2. The molecule has 2 aromatic carbocycles. The van der Waals surface area contributed by atoms with Gasteiger partial charge in [-0.1, -0.05) is 6.07 Å². The molecule has 4 rings (SSSR count). The number of carbonyl (C=O) groups is 1. The van der Waals surface area contributed by atoms with E-state index in [1.165, 1.54) is 6.20 Å². The Morgan fingerprint density at radius 3 is 2.31 bits per heavy atom. The first-order valence-corrected chi connectivity index (χ1v) is 10.7. The second-order valence-corrected chi connectivity index (χ2v) is 8.70. The highest BCUT2D eigenvalue weighted by molar-refractivity contribution is 7.92. The van der Waals surface area contributed by atoms with E-state index in [4.69, 9.17) is 0 Å². The van der Waals surface area contributed by atoms with E-state index in [1.807, 2.05) is 0 Å². The van der Waals surface area contributed by atoms with E-state index in [1.54, 1.807) is 23.9 Å². The molecule has 0 aromatic heterocycles. The highest BCUT2D eigenvalue weighted by Crippen LogP contribution is 2.31. The van der Waals surface area contributed by atoms with Crippen LogP contribution in [-0.2, 0) is 10.0 Å². The predicted molar refractivity (Wildman–Crippen MR) is 108 cm³/mol. The lowest BCUT2D eigenvalue weighted by atomic mass is 9.94. The molecule has 0 saturated carbocycles. The van der Waals surface area contributed by atoms with Crippen molar-refractivity contribution in [1.29, 1.82) is 0 Å². The third-order valence-electron chi connectivity index (χ3n) is 4.87. The maximum Gasteiger partial charge on any atom is 0.267 e. The Bertz CT molecular complexity index is 1330. The van der Waals surface area contributed by atoms with Gasteiger partial charge >= 0.3 is 0 Å². The average Bonchev–Trinajstić information content (AvgIpc) is 3.13. The van der Waals surface area contributed by atoms with E-state index in [0.717, 1.165) is 17.7 Å². The van der Waals surface area contributed by atoms with Crippen LogP contribution in [0.2, 0.25) is 0 Å². The Morgan fingerprint density at radius 1 is 0.969 bits per heavy atom. The van der Waals surface area contributed by atoms with E-state index in [-0.39, 0.29) is 5.57 Å². The summed E-state index contributed by atoms with van der Waals surface area (Å²) in [6, 6.07) is 3.79. The van der Waals surface area contributed by atoms with Gasteiger partial charge in [-0.3, -0.25) is 9.52 Å². The molecule has 3 N–H and O–H groups in total. The molecule has 2 aliphatic rings. The van der Waals surface area contributed by atoms with Crippen molar-refractivity contribution in [3.63, 3.8) is 0 Å². The standard InChI is InChI=1S/C21H15F4N3O3S/c1-10-7-11-12(9-27-21(11)26-8-10)19(29)17-13(22)5-6-16(18(17)25)28-32(30,31)20-14(23)3-2-4-15(20)24/h2-9,21,26-28H,1H3. The predicted octanol–water partition coefficient (Wildman–Crippen LogP) is 3.47. The zero-order chi connectivity index (χ0) is 23.2. The van der Waals surface area contributed by atoms with Crippen LogP contribution >= 0.6 is 0 Å². The van der Waals surface area contributed by atoms with Crippen LogP contribution in [0, 0.1) is 23.3 Å². The fourth-order valence-electron chi connectivity index (χ4n) is 3.40. The number of dihydropyridines is 1. The smallest absolute Gasteiger partial charge is 0.267 e. The summed E-state index contributed by atoms with van der Waals surface area (Å²) in [6.45, 7) is 1.76. The van der Waals surface area contributed by atoms with Gasteiger partial charge in [0.2, 0.25) is 5.78 Å². The van der Waals surface area contributed by atoms with Gasteiger partial charge in [0.25, 0.3) is 10.0 Å². The topological polar surface area (TPSA) is 87.3 Å². The van der Waals surface area contributed by atoms with Gasteiger partial charge in [-0.15, -0.1) is 0 Å². The highest BCUT2D eigenvalue weighted by Gasteiger charge is 2.33. The number of hydrogen-bond acceptors (Lipinski definition) is 5. The molecule has 6 nitrogen and oxygen atoms in total. The number of halogens is 4. The quantitative estimate of drug-likeness (QED) is 0.465. The fraction of sp³-hybridized carbons (Fsp3) is 0.0952. The number of rotatable bonds is 5. The van der Waals surface area contributed by atoms with Crippen molar-refractivity contribution in [2.24, 2.45) is 0 Å². The second kappa shape index (κ2) is 7.83. The first kappa shape index (κ1) is 21.6. The Labute approximate surface area is 180 Å². The number of fused-ring (bicyclic) bond motifs is 1. The largest absolute Gasteiger partial charge is 0.367 e. The first-order chi connectivity index (χ1) is 15.1. The van der Waals surface area contributed by atoms with Crippen LogP contribution in [0.3, 0.4) is 0 Å². The number of allylic oxidation sites excluding steroid dienone is 2.